The van der Waals surface area contributed by atoms with Gasteiger partial charge in [0.2, 0.25) is 5.89 Å². The number of nitrogens with one attached hydrogen (secondary N) is 1. The Balaban J connectivity index is 1.14. The lowest BCUT2D eigenvalue weighted by Crippen LogP contribution is -2.49. The van der Waals surface area contributed by atoms with Crippen LogP contribution in [0.1, 0.15) is 23.4 Å². The van der Waals surface area contributed by atoms with Crippen molar-refractivity contribution in [3.05, 3.63) is 102 Å². The van der Waals surface area contributed by atoms with E-state index < -0.39 is 18.1 Å². The molecule has 2 amide bonds. The van der Waals surface area contributed by atoms with Gasteiger partial charge in [-0.25, -0.2) is 9.18 Å². The molecule has 0 radical (unpaired) electrons. The van der Waals surface area contributed by atoms with Crippen LogP contribution in [-0.2, 0) is 13.0 Å². The van der Waals surface area contributed by atoms with Crippen molar-refractivity contribution in [2.45, 2.75) is 19.4 Å². The summed E-state index contributed by atoms with van der Waals surface area (Å²) in [6.07, 6.45) is -1.88. The van der Waals surface area contributed by atoms with Gasteiger partial charge in [0, 0.05) is 62.6 Å². The number of hydrogen-bond donors (Lipinski definition) is 1. The van der Waals surface area contributed by atoms with E-state index in [0.29, 0.717) is 12.2 Å². The molecule has 42 heavy (non-hydrogen) atoms. The summed E-state index contributed by atoms with van der Waals surface area (Å²) in [5.74, 6) is -1.65. The van der Waals surface area contributed by atoms with Crippen molar-refractivity contribution in [3.8, 4) is 11.5 Å². The van der Waals surface area contributed by atoms with Gasteiger partial charge < -0.3 is 14.6 Å². The van der Waals surface area contributed by atoms with Crippen LogP contribution in [0.3, 0.4) is 0 Å². The highest BCUT2D eigenvalue weighted by atomic mass is 19.3. The zero-order valence-electron chi connectivity index (χ0n) is 23.1. The van der Waals surface area contributed by atoms with Crippen LogP contribution in [0.4, 0.5) is 23.7 Å². The molecule has 0 spiro atoms. The first-order chi connectivity index (χ1) is 20.5. The van der Waals surface area contributed by atoms with Gasteiger partial charge in [-0.15, -0.1) is 10.2 Å². The monoisotopic (exact) mass is 578 g/mol. The first kappa shape index (κ1) is 29.3. The zero-order valence-corrected chi connectivity index (χ0v) is 23.1. The van der Waals surface area contributed by atoms with Gasteiger partial charge in [0.15, 0.2) is 0 Å². The number of carbonyl (C=O) groups is 1. The lowest BCUT2D eigenvalue weighted by atomic mass is 10.1. The third-order valence-electron chi connectivity index (χ3n) is 7.30. The smallest absolute Gasteiger partial charge is 0.322 e. The molecule has 1 fully saturated rings. The Morgan fingerprint density at radius 2 is 1.57 bits per heavy atom. The summed E-state index contributed by atoms with van der Waals surface area (Å²) in [4.78, 5) is 19.6. The van der Waals surface area contributed by atoms with E-state index >= 15 is 4.39 Å². The molecule has 1 N–H and O–H groups in total. The molecule has 1 aromatic heterocycles. The SMILES string of the molecule is O=C(NCCN1CCN(CCc2ccccc2)CC1)N(Cc1ccc(-c2nnc(C(F)F)o2)cc1F)c1ccccc1. The average Bonchev–Trinajstić information content (AvgIpc) is 3.52. The molecule has 1 aliphatic rings. The molecule has 0 bridgehead atoms. The molecule has 0 unspecified atom stereocenters. The predicted octanol–water partition coefficient (Wildman–Crippen LogP) is 5.39. The molecule has 3 aromatic carbocycles. The second-order valence-electron chi connectivity index (χ2n) is 10.1. The van der Waals surface area contributed by atoms with E-state index in [1.165, 1.54) is 22.6 Å². The summed E-state index contributed by atoms with van der Waals surface area (Å²) in [5, 5.41) is 9.84. The lowest BCUT2D eigenvalue weighted by Gasteiger charge is -2.35. The van der Waals surface area contributed by atoms with Crippen LogP contribution >= 0.6 is 0 Å². The number of nitrogens with zero attached hydrogens (tertiary/aromatic N) is 5. The fourth-order valence-electron chi connectivity index (χ4n) is 4.89. The van der Waals surface area contributed by atoms with Crippen LogP contribution in [0.25, 0.3) is 11.5 Å². The standard InChI is InChI=1S/C31H33F3N6O2/c32-27-21-24(29-36-37-30(42-29)28(33)34)11-12-25(27)22-40(26-9-5-2-6-10-26)31(41)35-14-16-39-19-17-38(18-20-39)15-13-23-7-3-1-4-8-23/h1-12,21,28H,13-20,22H2,(H,35,41). The minimum absolute atomic E-state index is 0.0336. The number of anilines is 1. The van der Waals surface area contributed by atoms with Crippen molar-refractivity contribution in [3.63, 3.8) is 0 Å². The third kappa shape index (κ3) is 7.74. The Morgan fingerprint density at radius 3 is 2.21 bits per heavy atom. The number of aromatic nitrogens is 2. The van der Waals surface area contributed by atoms with E-state index in [4.69, 9.17) is 4.42 Å². The molecule has 1 saturated heterocycles. The maximum Gasteiger partial charge on any atom is 0.322 e. The molecule has 220 valence electrons. The summed E-state index contributed by atoms with van der Waals surface area (Å²) in [7, 11) is 0. The molecule has 0 atom stereocenters. The fraction of sp³-hybridized carbons (Fsp3) is 0.323. The number of alkyl halides is 2. The van der Waals surface area contributed by atoms with Crippen LogP contribution in [0.2, 0.25) is 0 Å². The molecule has 0 saturated carbocycles. The average molecular weight is 579 g/mol. The van der Waals surface area contributed by atoms with Gasteiger partial charge in [0.1, 0.15) is 5.82 Å². The summed E-state index contributed by atoms with van der Waals surface area (Å²) < 4.78 is 45.6. The molecule has 4 aromatic rings. The van der Waals surface area contributed by atoms with Gasteiger partial charge in [-0.2, -0.15) is 8.78 Å². The maximum atomic E-state index is 15.1. The minimum atomic E-state index is -2.91. The Bertz CT molecular complexity index is 1430. The van der Waals surface area contributed by atoms with Gasteiger partial charge >= 0.3 is 12.5 Å². The normalized spacial score (nSPS) is 14.3. The van der Waals surface area contributed by atoms with Crippen LogP contribution in [0.15, 0.2) is 83.3 Å². The van der Waals surface area contributed by atoms with E-state index in [-0.39, 0.29) is 29.6 Å². The largest absolute Gasteiger partial charge is 0.415 e. The van der Waals surface area contributed by atoms with Gasteiger partial charge in [-0.3, -0.25) is 9.80 Å². The van der Waals surface area contributed by atoms with Crippen molar-refractivity contribution in [1.82, 2.24) is 25.3 Å². The summed E-state index contributed by atoms with van der Waals surface area (Å²) >= 11 is 0. The van der Waals surface area contributed by atoms with Crippen molar-refractivity contribution in [1.29, 1.82) is 0 Å². The zero-order chi connectivity index (χ0) is 29.3. The van der Waals surface area contributed by atoms with E-state index in [1.807, 2.05) is 24.3 Å². The number of piperazine rings is 1. The Morgan fingerprint density at radius 1 is 0.905 bits per heavy atom. The number of para-hydroxylation sites is 1. The Hall–Kier alpha value is -4.22. The number of urea groups is 1. The molecule has 2 heterocycles. The summed E-state index contributed by atoms with van der Waals surface area (Å²) in [6.45, 7) is 6.01. The second kappa shape index (κ2) is 14.1. The fourth-order valence-corrected chi connectivity index (χ4v) is 4.89. The minimum Gasteiger partial charge on any atom is -0.415 e. The van der Waals surface area contributed by atoms with E-state index in [9.17, 15) is 13.6 Å². The van der Waals surface area contributed by atoms with Crippen molar-refractivity contribution in [2.24, 2.45) is 0 Å². The Kier molecular flexibility index (Phi) is 9.83. The number of hydrogen-bond acceptors (Lipinski definition) is 6. The topological polar surface area (TPSA) is 77.7 Å². The Labute approximate surface area is 242 Å². The molecular formula is C31H33F3N6O2. The predicted molar refractivity (Wildman–Crippen MR) is 154 cm³/mol. The van der Waals surface area contributed by atoms with Crippen LogP contribution in [0, 0.1) is 5.82 Å². The van der Waals surface area contributed by atoms with Gasteiger partial charge in [0.25, 0.3) is 5.89 Å². The number of carbonyl (C=O) groups excluding carboxylic acids is 1. The second-order valence-corrected chi connectivity index (χ2v) is 10.1. The van der Waals surface area contributed by atoms with Crippen molar-refractivity contribution < 1.29 is 22.4 Å². The first-order valence-corrected chi connectivity index (χ1v) is 14.0. The highest BCUT2D eigenvalue weighted by molar-refractivity contribution is 5.91. The van der Waals surface area contributed by atoms with E-state index in [0.717, 1.165) is 51.8 Å². The number of benzene rings is 3. The quantitative estimate of drug-likeness (QED) is 0.257. The highest BCUT2D eigenvalue weighted by Gasteiger charge is 2.21. The molecule has 11 heteroatoms. The summed E-state index contributed by atoms with van der Waals surface area (Å²) in [5.41, 5.74) is 2.38. The molecular weight excluding hydrogens is 545 g/mol. The van der Waals surface area contributed by atoms with Crippen LogP contribution in [-0.4, -0.2) is 71.8 Å². The first-order valence-electron chi connectivity index (χ1n) is 14.0. The highest BCUT2D eigenvalue weighted by Crippen LogP contribution is 2.26. The van der Waals surface area contributed by atoms with Gasteiger partial charge in [0.05, 0.1) is 6.54 Å². The number of amides is 2. The summed E-state index contributed by atoms with van der Waals surface area (Å²) in [6, 6.07) is 23.3. The number of halogens is 3. The van der Waals surface area contributed by atoms with Gasteiger partial charge in [-0.05, 0) is 36.2 Å². The molecule has 0 aliphatic carbocycles. The molecule has 1 aliphatic heterocycles. The maximum absolute atomic E-state index is 15.1. The van der Waals surface area contributed by atoms with E-state index in [1.54, 1.807) is 12.1 Å². The van der Waals surface area contributed by atoms with Crippen molar-refractivity contribution in [2.75, 3.05) is 50.7 Å². The van der Waals surface area contributed by atoms with Crippen molar-refractivity contribution >= 4 is 11.7 Å². The number of rotatable bonds is 11. The molecule has 5 rings (SSSR count). The van der Waals surface area contributed by atoms with Gasteiger partial charge in [-0.1, -0.05) is 54.6 Å². The molecule has 8 nitrogen and oxygen atoms in total. The third-order valence-corrected chi connectivity index (χ3v) is 7.30. The lowest BCUT2D eigenvalue weighted by molar-refractivity contribution is 0.116. The van der Waals surface area contributed by atoms with Crippen LogP contribution < -0.4 is 10.2 Å². The van der Waals surface area contributed by atoms with Crippen LogP contribution in [0.5, 0.6) is 0 Å². The van der Waals surface area contributed by atoms with E-state index in [2.05, 4.69) is 49.6 Å².